The van der Waals surface area contributed by atoms with Gasteiger partial charge in [0.15, 0.2) is 0 Å². The van der Waals surface area contributed by atoms with Crippen molar-refractivity contribution in [1.29, 1.82) is 0 Å². The van der Waals surface area contributed by atoms with Crippen LogP contribution in [0.2, 0.25) is 0 Å². The van der Waals surface area contributed by atoms with Crippen LogP contribution in [0.3, 0.4) is 0 Å². The van der Waals surface area contributed by atoms with Gasteiger partial charge >= 0.3 is 5.97 Å². The van der Waals surface area contributed by atoms with Crippen LogP contribution in [-0.2, 0) is 4.74 Å². The molecule has 1 fully saturated rings. The summed E-state index contributed by atoms with van der Waals surface area (Å²) >= 11 is 0. The van der Waals surface area contributed by atoms with Gasteiger partial charge < -0.3 is 14.7 Å². The van der Waals surface area contributed by atoms with Gasteiger partial charge in [-0.25, -0.2) is 4.79 Å². The van der Waals surface area contributed by atoms with Crippen molar-refractivity contribution in [1.82, 2.24) is 0 Å². The minimum atomic E-state index is -0.597. The van der Waals surface area contributed by atoms with Crippen molar-refractivity contribution < 1.29 is 19.6 Å². The van der Waals surface area contributed by atoms with Crippen LogP contribution in [-0.4, -0.2) is 36.2 Å². The average molecular weight is 370 g/mol. The highest BCUT2D eigenvalue weighted by Gasteiger charge is 2.29. The van der Waals surface area contributed by atoms with E-state index in [0.29, 0.717) is 18.8 Å². The molecule has 0 aliphatic carbocycles. The van der Waals surface area contributed by atoms with Crippen molar-refractivity contribution in [2.45, 2.75) is 18.9 Å². The Balaban J connectivity index is 1.76. The number of carbonyl (C=O) groups excluding carboxylic acids is 1. The minimum Gasteiger partial charge on any atom is -0.465 e. The predicted octanol–water partition coefficient (Wildman–Crippen LogP) is 3.33. The maximum Gasteiger partial charge on any atom is 0.340 e. The lowest BCUT2D eigenvalue weighted by Crippen LogP contribution is -2.36. The van der Waals surface area contributed by atoms with E-state index in [0.717, 1.165) is 18.4 Å². The van der Waals surface area contributed by atoms with Crippen LogP contribution in [0, 0.1) is 16.0 Å². The van der Waals surface area contributed by atoms with E-state index in [1.54, 1.807) is 6.07 Å². The van der Waals surface area contributed by atoms with Gasteiger partial charge in [-0.1, -0.05) is 30.3 Å². The molecule has 1 unspecified atom stereocenters. The second-order valence-electron chi connectivity index (χ2n) is 6.63. The number of rotatable bonds is 5. The lowest BCUT2D eigenvalue weighted by molar-refractivity contribution is -0.384. The highest BCUT2D eigenvalue weighted by Crippen LogP contribution is 2.34. The number of hydrogen-bond acceptors (Lipinski definition) is 6. The van der Waals surface area contributed by atoms with Gasteiger partial charge in [-0.05, 0) is 30.4 Å². The molecule has 1 heterocycles. The zero-order chi connectivity index (χ0) is 19.4. The number of nitrogens with zero attached hydrogens (tertiary/aromatic N) is 2. The summed E-state index contributed by atoms with van der Waals surface area (Å²) in [7, 11) is 1.26. The second kappa shape index (κ2) is 8.18. The van der Waals surface area contributed by atoms with E-state index < -0.39 is 17.0 Å². The van der Waals surface area contributed by atoms with Gasteiger partial charge in [0.2, 0.25) is 0 Å². The Morgan fingerprint density at radius 1 is 1.22 bits per heavy atom. The molecule has 2 aromatic carbocycles. The van der Waals surface area contributed by atoms with Gasteiger partial charge in [-0.2, -0.15) is 0 Å². The van der Waals surface area contributed by atoms with Gasteiger partial charge in [0.25, 0.3) is 5.69 Å². The molecule has 3 rings (SSSR count). The molecule has 1 aliphatic rings. The summed E-state index contributed by atoms with van der Waals surface area (Å²) in [5.41, 5.74) is 1.57. The number of anilines is 1. The molecule has 0 bridgehead atoms. The van der Waals surface area contributed by atoms with Crippen LogP contribution in [0.5, 0.6) is 0 Å². The van der Waals surface area contributed by atoms with Crippen molar-refractivity contribution in [3.8, 4) is 0 Å². The first-order valence-corrected chi connectivity index (χ1v) is 8.86. The molecule has 1 N–H and O–H groups in total. The third-order valence-corrected chi connectivity index (χ3v) is 5.06. The normalized spacial score (nSPS) is 16.0. The Hall–Kier alpha value is -2.93. The van der Waals surface area contributed by atoms with Crippen molar-refractivity contribution >= 4 is 17.3 Å². The number of methoxy groups -OCH3 is 1. The second-order valence-corrected chi connectivity index (χ2v) is 6.63. The topological polar surface area (TPSA) is 92.9 Å². The van der Waals surface area contributed by atoms with Crippen LogP contribution >= 0.6 is 0 Å². The van der Waals surface area contributed by atoms with Crippen molar-refractivity contribution in [3.63, 3.8) is 0 Å². The molecule has 27 heavy (non-hydrogen) atoms. The van der Waals surface area contributed by atoms with E-state index in [4.69, 9.17) is 4.74 Å². The van der Waals surface area contributed by atoms with Gasteiger partial charge in [-0.3, -0.25) is 10.1 Å². The summed E-state index contributed by atoms with van der Waals surface area (Å²) in [5.74, 6) is -0.469. The van der Waals surface area contributed by atoms with Gasteiger partial charge in [0.05, 0.1) is 29.4 Å². The number of carbonyl (C=O) groups is 1. The zero-order valence-corrected chi connectivity index (χ0v) is 15.1. The lowest BCUT2D eigenvalue weighted by atomic mass is 9.87. The third kappa shape index (κ3) is 4.09. The summed E-state index contributed by atoms with van der Waals surface area (Å²) in [5, 5.41) is 21.6. The monoisotopic (exact) mass is 370 g/mol. The van der Waals surface area contributed by atoms with E-state index >= 15 is 0 Å². The number of nitro benzene ring substituents is 1. The molecule has 7 heteroatoms. The molecule has 1 saturated heterocycles. The number of aliphatic hydroxyl groups is 1. The standard InChI is InChI=1S/C20H22N2O5/c1-27-20(24)17-13-16(22(25)26)7-8-18(17)21-11-9-15(10-12-21)19(23)14-5-3-2-4-6-14/h2-8,13,15,19,23H,9-12H2,1H3. The number of aliphatic hydroxyl groups excluding tert-OH is 1. The third-order valence-electron chi connectivity index (χ3n) is 5.06. The predicted molar refractivity (Wildman–Crippen MR) is 101 cm³/mol. The quantitative estimate of drug-likeness (QED) is 0.493. The van der Waals surface area contributed by atoms with Crippen LogP contribution < -0.4 is 4.90 Å². The summed E-state index contributed by atoms with van der Waals surface area (Å²) < 4.78 is 4.79. The smallest absolute Gasteiger partial charge is 0.340 e. The zero-order valence-electron chi connectivity index (χ0n) is 15.1. The molecule has 0 spiro atoms. The Kier molecular flexibility index (Phi) is 5.71. The van der Waals surface area contributed by atoms with Crippen molar-refractivity contribution in [2.75, 3.05) is 25.1 Å². The molecule has 1 aliphatic heterocycles. The Labute approximate surface area is 157 Å². The number of hydrogen-bond donors (Lipinski definition) is 1. The Morgan fingerprint density at radius 3 is 2.48 bits per heavy atom. The molecule has 7 nitrogen and oxygen atoms in total. The summed E-state index contributed by atoms with van der Waals surface area (Å²) in [4.78, 5) is 24.6. The maximum absolute atomic E-state index is 12.1. The van der Waals surface area contributed by atoms with E-state index in [1.165, 1.54) is 19.2 Å². The molecule has 0 aromatic heterocycles. The molecule has 1 atom stereocenters. The summed E-state index contributed by atoms with van der Waals surface area (Å²) in [6, 6.07) is 13.8. The van der Waals surface area contributed by atoms with E-state index in [2.05, 4.69) is 0 Å². The fraction of sp³-hybridized carbons (Fsp3) is 0.350. The fourth-order valence-electron chi connectivity index (χ4n) is 3.57. The number of esters is 1. The van der Waals surface area contributed by atoms with Crippen LogP contribution in [0.25, 0.3) is 0 Å². The van der Waals surface area contributed by atoms with Crippen molar-refractivity contribution in [2.24, 2.45) is 5.92 Å². The SMILES string of the molecule is COC(=O)c1cc([N+](=O)[O-])ccc1N1CCC(C(O)c2ccccc2)CC1. The van der Waals surface area contributed by atoms with Gasteiger partial charge in [0.1, 0.15) is 0 Å². The number of ether oxygens (including phenoxy) is 1. The molecule has 142 valence electrons. The maximum atomic E-state index is 12.1. The highest BCUT2D eigenvalue weighted by molar-refractivity contribution is 5.96. The van der Waals surface area contributed by atoms with Crippen LogP contribution in [0.1, 0.15) is 34.9 Å². The van der Waals surface area contributed by atoms with E-state index in [9.17, 15) is 20.0 Å². The largest absolute Gasteiger partial charge is 0.465 e. The molecule has 0 radical (unpaired) electrons. The summed E-state index contributed by atoms with van der Waals surface area (Å²) in [6.45, 7) is 1.30. The molecule has 0 amide bonds. The molecule has 2 aromatic rings. The number of nitro groups is 1. The first-order valence-electron chi connectivity index (χ1n) is 8.86. The van der Waals surface area contributed by atoms with Gasteiger partial charge in [0, 0.05) is 25.2 Å². The number of benzene rings is 2. The van der Waals surface area contributed by atoms with E-state index in [-0.39, 0.29) is 17.2 Å². The minimum absolute atomic E-state index is 0.128. The highest BCUT2D eigenvalue weighted by atomic mass is 16.6. The lowest BCUT2D eigenvalue weighted by Gasteiger charge is -2.36. The summed E-state index contributed by atoms with van der Waals surface area (Å²) in [6.07, 6.45) is 0.992. The fourth-order valence-corrected chi connectivity index (χ4v) is 3.57. The first kappa shape index (κ1) is 18.8. The molecule has 0 saturated carbocycles. The number of piperidine rings is 1. The van der Waals surface area contributed by atoms with Crippen LogP contribution in [0.15, 0.2) is 48.5 Å². The molecular weight excluding hydrogens is 348 g/mol. The van der Waals surface area contributed by atoms with Crippen LogP contribution in [0.4, 0.5) is 11.4 Å². The van der Waals surface area contributed by atoms with E-state index in [1.807, 2.05) is 35.2 Å². The Bertz CT molecular complexity index is 816. The average Bonchev–Trinajstić information content (AvgIpc) is 2.73. The van der Waals surface area contributed by atoms with Crippen molar-refractivity contribution in [3.05, 3.63) is 69.8 Å². The van der Waals surface area contributed by atoms with Gasteiger partial charge in [-0.15, -0.1) is 0 Å². The first-order chi connectivity index (χ1) is 13.0. The number of non-ortho nitro benzene ring substituents is 1. The molecular formula is C20H22N2O5. The Morgan fingerprint density at radius 2 is 1.89 bits per heavy atom.